The highest BCUT2D eigenvalue weighted by Gasteiger charge is 2.42. The van der Waals surface area contributed by atoms with Crippen LogP contribution in [0.3, 0.4) is 0 Å². The van der Waals surface area contributed by atoms with Gasteiger partial charge >= 0.3 is 0 Å². The summed E-state index contributed by atoms with van der Waals surface area (Å²) >= 11 is 0. The number of Topliss-reactive ketones (excluding diaryl/α,β-unsaturated/α-hetero) is 1. The number of fused-ring (bicyclic) bond motifs is 2. The predicted molar refractivity (Wildman–Crippen MR) is 110 cm³/mol. The first-order valence-electron chi connectivity index (χ1n) is 9.39. The summed E-state index contributed by atoms with van der Waals surface area (Å²) in [5.41, 5.74) is 5.40. The fourth-order valence-corrected chi connectivity index (χ4v) is 7.56. The first kappa shape index (κ1) is 18.4. The van der Waals surface area contributed by atoms with Gasteiger partial charge in [-0.05, 0) is 54.1 Å². The number of allylic oxidation sites excluding steroid dienone is 2. The molecule has 0 fully saturated rings. The number of carbonyl (C=O) groups is 1. The van der Waals surface area contributed by atoms with Crippen LogP contribution >= 0.6 is 0 Å². The normalized spacial score (nSPS) is 20.0. The van der Waals surface area contributed by atoms with Gasteiger partial charge < -0.3 is 0 Å². The predicted octanol–water partition coefficient (Wildman–Crippen LogP) is 4.41. The van der Waals surface area contributed by atoms with Crippen LogP contribution in [0.1, 0.15) is 29.5 Å². The maximum Gasteiger partial charge on any atom is 0.267 e. The molecule has 0 amide bonds. The molecule has 4 rings (SSSR count). The Morgan fingerprint density at radius 3 is 2.33 bits per heavy atom. The third-order valence-corrected chi connectivity index (χ3v) is 10.1. The van der Waals surface area contributed by atoms with E-state index in [9.17, 15) is 13.2 Å². The second-order valence-corrected chi connectivity index (χ2v) is 16.1. The van der Waals surface area contributed by atoms with Gasteiger partial charge in [0.2, 0.25) is 0 Å². The molecule has 0 aliphatic heterocycles. The Morgan fingerprint density at radius 1 is 1.04 bits per heavy atom. The lowest BCUT2D eigenvalue weighted by atomic mass is 9.89. The van der Waals surface area contributed by atoms with Crippen molar-refractivity contribution in [3.05, 3.63) is 58.9 Å². The molecule has 0 N–H and O–H groups in total. The van der Waals surface area contributed by atoms with Gasteiger partial charge in [-0.2, -0.15) is 0 Å². The van der Waals surface area contributed by atoms with Crippen LogP contribution in [0, 0.1) is 6.92 Å². The molecule has 142 valence electrons. The zero-order valence-corrected chi connectivity index (χ0v) is 18.1. The van der Waals surface area contributed by atoms with Gasteiger partial charge in [0.1, 0.15) is 0 Å². The molecule has 6 heteroatoms. The first-order valence-corrected chi connectivity index (χ1v) is 14.4. The van der Waals surface area contributed by atoms with Gasteiger partial charge in [-0.3, -0.25) is 4.79 Å². The summed E-state index contributed by atoms with van der Waals surface area (Å²) < 4.78 is 27.5. The van der Waals surface area contributed by atoms with Crippen molar-refractivity contribution in [1.29, 1.82) is 0 Å². The highest BCUT2D eigenvalue weighted by atomic mass is 32.2. The van der Waals surface area contributed by atoms with Gasteiger partial charge in [0.15, 0.2) is 5.78 Å². The molecule has 2 aromatic rings. The van der Waals surface area contributed by atoms with Crippen molar-refractivity contribution in [3.8, 4) is 0 Å². The van der Waals surface area contributed by atoms with E-state index >= 15 is 0 Å². The topological polar surface area (TPSA) is 56.1 Å². The minimum Gasteiger partial charge on any atom is -0.295 e. The average molecular weight is 400 g/mol. The van der Waals surface area contributed by atoms with Crippen molar-refractivity contribution in [2.45, 2.75) is 56.3 Å². The van der Waals surface area contributed by atoms with E-state index in [0.29, 0.717) is 11.3 Å². The van der Waals surface area contributed by atoms with E-state index in [1.165, 1.54) is 3.97 Å². The maximum atomic E-state index is 13.1. The minimum absolute atomic E-state index is 0.261. The average Bonchev–Trinajstić information content (AvgIpc) is 3.18. The quantitative estimate of drug-likeness (QED) is 0.718. The third-order valence-electron chi connectivity index (χ3n) is 5.85. The zero-order valence-electron chi connectivity index (χ0n) is 16.2. The zero-order chi connectivity index (χ0) is 19.6. The molecule has 2 aliphatic rings. The SMILES string of the molecule is Cc1ccc(S(=O)(=O)n2cc3c(c2)C2=C(C(=O)CC2)C([Si](C)(C)C)C3)cc1. The van der Waals surface area contributed by atoms with Gasteiger partial charge in [0, 0.05) is 24.4 Å². The van der Waals surface area contributed by atoms with Crippen LogP contribution in [0.4, 0.5) is 0 Å². The number of hydrogen-bond acceptors (Lipinski definition) is 3. The van der Waals surface area contributed by atoms with E-state index < -0.39 is 18.1 Å². The van der Waals surface area contributed by atoms with Crippen molar-refractivity contribution in [2.24, 2.45) is 0 Å². The molecule has 0 bridgehead atoms. The number of benzene rings is 1. The molecular formula is C21H25NO3SSi. The van der Waals surface area contributed by atoms with Crippen LogP contribution in [0.25, 0.3) is 5.57 Å². The number of rotatable bonds is 3. The molecule has 4 nitrogen and oxygen atoms in total. The first-order chi connectivity index (χ1) is 12.6. The number of aromatic nitrogens is 1. The van der Waals surface area contributed by atoms with Crippen LogP contribution in [-0.2, 0) is 21.2 Å². The summed E-state index contributed by atoms with van der Waals surface area (Å²) in [5, 5.41) is 0. The summed E-state index contributed by atoms with van der Waals surface area (Å²) in [6, 6.07) is 6.93. The molecule has 0 radical (unpaired) electrons. The summed E-state index contributed by atoms with van der Waals surface area (Å²) in [5.74, 6) is 0.261. The van der Waals surface area contributed by atoms with E-state index in [2.05, 4.69) is 19.6 Å². The Bertz CT molecular complexity index is 1070. The van der Waals surface area contributed by atoms with Crippen molar-refractivity contribution >= 4 is 29.5 Å². The smallest absolute Gasteiger partial charge is 0.267 e. The van der Waals surface area contributed by atoms with Crippen molar-refractivity contribution in [3.63, 3.8) is 0 Å². The number of aryl methyl sites for hydroxylation is 1. The fraction of sp³-hybridized carbons (Fsp3) is 0.381. The minimum atomic E-state index is -3.62. The summed E-state index contributed by atoms with van der Waals surface area (Å²) in [6.45, 7) is 8.81. The molecule has 27 heavy (non-hydrogen) atoms. The standard InChI is InChI=1S/C21H25NO3SSi/c1-14-5-7-16(8-6-14)26(24,25)22-12-15-11-20(27(2,3)4)21-17(18(15)13-22)9-10-19(21)23/h5-8,12-13,20H,9-11H2,1-4H3. The number of hydrogen-bond donors (Lipinski definition) is 0. The van der Waals surface area contributed by atoms with Crippen molar-refractivity contribution in [2.75, 3.05) is 0 Å². The van der Waals surface area contributed by atoms with Crippen LogP contribution < -0.4 is 0 Å². The Hall–Kier alpha value is -1.92. The van der Waals surface area contributed by atoms with Gasteiger partial charge in [-0.25, -0.2) is 12.4 Å². The lowest BCUT2D eigenvalue weighted by Crippen LogP contribution is -2.34. The third kappa shape index (κ3) is 2.95. The number of nitrogens with zero attached hydrogens (tertiary/aromatic N) is 1. The van der Waals surface area contributed by atoms with E-state index in [-0.39, 0.29) is 11.3 Å². The van der Waals surface area contributed by atoms with Gasteiger partial charge in [-0.15, -0.1) is 0 Å². The second kappa shape index (κ2) is 6.04. The molecule has 2 aliphatic carbocycles. The maximum absolute atomic E-state index is 13.1. The Labute approximate surface area is 162 Å². The molecule has 1 aromatic carbocycles. The highest BCUT2D eigenvalue weighted by Crippen LogP contribution is 2.49. The lowest BCUT2D eigenvalue weighted by Gasteiger charge is -2.33. The largest absolute Gasteiger partial charge is 0.295 e. The summed E-state index contributed by atoms with van der Waals surface area (Å²) in [6.07, 6.45) is 5.55. The summed E-state index contributed by atoms with van der Waals surface area (Å²) in [4.78, 5) is 12.9. The van der Waals surface area contributed by atoms with Crippen LogP contribution in [-0.4, -0.2) is 26.2 Å². The lowest BCUT2D eigenvalue weighted by molar-refractivity contribution is -0.115. The van der Waals surface area contributed by atoms with Crippen LogP contribution in [0.15, 0.2) is 47.1 Å². The fourth-order valence-electron chi connectivity index (χ4n) is 4.30. The summed E-state index contributed by atoms with van der Waals surface area (Å²) in [7, 11) is -5.22. The second-order valence-electron chi connectivity index (χ2n) is 8.78. The molecular weight excluding hydrogens is 374 g/mol. The molecule has 0 saturated heterocycles. The molecule has 1 aromatic heterocycles. The monoisotopic (exact) mass is 399 g/mol. The van der Waals surface area contributed by atoms with Gasteiger partial charge in [0.25, 0.3) is 10.0 Å². The van der Waals surface area contributed by atoms with Crippen molar-refractivity contribution < 1.29 is 13.2 Å². The van der Waals surface area contributed by atoms with E-state index in [4.69, 9.17) is 0 Å². The molecule has 0 saturated carbocycles. The Morgan fingerprint density at radius 2 is 1.70 bits per heavy atom. The van der Waals surface area contributed by atoms with Gasteiger partial charge in [0.05, 0.1) is 13.0 Å². The van der Waals surface area contributed by atoms with Crippen LogP contribution in [0.5, 0.6) is 0 Å². The van der Waals surface area contributed by atoms with E-state index in [0.717, 1.165) is 40.7 Å². The van der Waals surface area contributed by atoms with E-state index in [1.807, 2.05) is 19.1 Å². The van der Waals surface area contributed by atoms with Crippen molar-refractivity contribution in [1.82, 2.24) is 3.97 Å². The number of carbonyl (C=O) groups excluding carboxylic acids is 1. The van der Waals surface area contributed by atoms with Gasteiger partial charge in [-0.1, -0.05) is 37.3 Å². The highest BCUT2D eigenvalue weighted by molar-refractivity contribution is 7.90. The Kier molecular flexibility index (Phi) is 4.12. The molecule has 1 unspecified atom stereocenters. The Balaban J connectivity index is 1.83. The molecule has 1 atom stereocenters. The molecule has 1 heterocycles. The number of ketones is 1. The molecule has 0 spiro atoms. The van der Waals surface area contributed by atoms with E-state index in [1.54, 1.807) is 24.5 Å². The van der Waals surface area contributed by atoms with Crippen LogP contribution in [0.2, 0.25) is 25.2 Å².